The zero-order valence-electron chi connectivity index (χ0n) is 16.7. The van der Waals surface area contributed by atoms with E-state index in [1.54, 1.807) is 30.5 Å². The highest BCUT2D eigenvalue weighted by atomic mass is 35.5. The minimum atomic E-state index is -0.425. The largest absolute Gasteiger partial charge is 0.488 e. The van der Waals surface area contributed by atoms with Crippen LogP contribution in [0.4, 0.5) is 0 Å². The fraction of sp³-hybridized carbons (Fsp3) is 0.130. The van der Waals surface area contributed by atoms with Crippen LogP contribution in [0.15, 0.2) is 53.6 Å². The maximum absolute atomic E-state index is 12.2. The zero-order valence-corrected chi connectivity index (χ0v) is 19.7. The number of carbonyl (C=O) groups is 1. The van der Waals surface area contributed by atoms with Gasteiger partial charge in [0.2, 0.25) is 0 Å². The van der Waals surface area contributed by atoms with Gasteiger partial charge in [-0.25, -0.2) is 5.43 Å². The molecule has 0 atom stereocenters. The molecule has 0 saturated heterocycles. The Labute approximate surface area is 200 Å². The number of nitrogens with one attached hydrogen (secondary N) is 1. The molecule has 3 aromatic carbocycles. The topological polar surface area (TPSA) is 50.7 Å². The lowest BCUT2D eigenvalue weighted by atomic mass is 10.1. The van der Waals surface area contributed by atoms with Crippen molar-refractivity contribution in [2.45, 2.75) is 20.5 Å². The number of rotatable bonds is 6. The standard InChI is InChI=1S/C23H18Cl4N2O2/c1-13-7-15(11-28-29-23(30)19-6-5-18(25)10-21(19)27)8-14(2)22(13)31-12-16-3-4-17(24)9-20(16)26/h3-11H,12H2,1-2H3,(H,29,30)/b28-11-. The third-order valence-corrected chi connectivity index (χ3v) is 5.56. The maximum atomic E-state index is 12.2. The molecule has 3 rings (SSSR count). The minimum Gasteiger partial charge on any atom is -0.488 e. The molecule has 0 radical (unpaired) electrons. The van der Waals surface area contributed by atoms with Crippen LogP contribution in [0.1, 0.15) is 32.6 Å². The van der Waals surface area contributed by atoms with Gasteiger partial charge < -0.3 is 4.74 Å². The van der Waals surface area contributed by atoms with Crippen LogP contribution in [-0.4, -0.2) is 12.1 Å². The van der Waals surface area contributed by atoms with Gasteiger partial charge >= 0.3 is 0 Å². The first kappa shape index (κ1) is 23.4. The first-order chi connectivity index (χ1) is 14.7. The number of hydrazone groups is 1. The molecule has 3 aromatic rings. The molecule has 0 heterocycles. The van der Waals surface area contributed by atoms with E-state index in [1.807, 2.05) is 32.0 Å². The minimum absolute atomic E-state index is 0.259. The Hall–Kier alpha value is -2.24. The van der Waals surface area contributed by atoms with Gasteiger partial charge in [0.25, 0.3) is 5.91 Å². The van der Waals surface area contributed by atoms with Crippen LogP contribution in [0, 0.1) is 13.8 Å². The van der Waals surface area contributed by atoms with E-state index < -0.39 is 5.91 Å². The van der Waals surface area contributed by atoms with Crippen LogP contribution in [0.2, 0.25) is 20.1 Å². The van der Waals surface area contributed by atoms with Crippen molar-refractivity contribution >= 4 is 58.5 Å². The number of hydrogen-bond donors (Lipinski definition) is 1. The molecule has 0 aromatic heterocycles. The molecular formula is C23H18Cl4N2O2. The summed E-state index contributed by atoms with van der Waals surface area (Å²) in [5, 5.41) is 5.87. The molecule has 0 aliphatic carbocycles. The van der Waals surface area contributed by atoms with E-state index in [0.717, 1.165) is 28.0 Å². The molecule has 0 fully saturated rings. The Kier molecular flexibility index (Phi) is 7.84. The van der Waals surface area contributed by atoms with Gasteiger partial charge in [0.1, 0.15) is 12.4 Å². The smallest absolute Gasteiger partial charge is 0.272 e. The molecule has 0 aliphatic heterocycles. The maximum Gasteiger partial charge on any atom is 0.272 e. The van der Waals surface area contributed by atoms with Gasteiger partial charge in [-0.05, 0) is 73.0 Å². The van der Waals surface area contributed by atoms with Crippen LogP contribution < -0.4 is 10.2 Å². The van der Waals surface area contributed by atoms with Crippen molar-refractivity contribution in [2.24, 2.45) is 5.10 Å². The summed E-state index contributed by atoms with van der Waals surface area (Å²) < 4.78 is 5.99. The van der Waals surface area contributed by atoms with Crippen LogP contribution >= 0.6 is 46.4 Å². The molecule has 8 heteroatoms. The van der Waals surface area contributed by atoms with Gasteiger partial charge in [0.15, 0.2) is 0 Å². The van der Waals surface area contributed by atoms with E-state index in [9.17, 15) is 4.79 Å². The first-order valence-electron chi connectivity index (χ1n) is 9.21. The van der Waals surface area contributed by atoms with Gasteiger partial charge in [0.05, 0.1) is 16.8 Å². The summed E-state index contributed by atoms with van der Waals surface area (Å²) in [6.07, 6.45) is 1.56. The van der Waals surface area contributed by atoms with Gasteiger partial charge in [-0.15, -0.1) is 0 Å². The lowest BCUT2D eigenvalue weighted by Gasteiger charge is -2.14. The van der Waals surface area contributed by atoms with Crippen molar-refractivity contribution in [1.29, 1.82) is 0 Å². The second-order valence-electron chi connectivity index (χ2n) is 6.83. The van der Waals surface area contributed by atoms with Crippen LogP contribution in [0.3, 0.4) is 0 Å². The summed E-state index contributed by atoms with van der Waals surface area (Å²) in [5.74, 6) is 0.339. The average Bonchev–Trinajstić information content (AvgIpc) is 2.68. The van der Waals surface area contributed by atoms with Gasteiger partial charge in [-0.1, -0.05) is 52.5 Å². The lowest BCUT2D eigenvalue weighted by molar-refractivity contribution is 0.0955. The number of carbonyl (C=O) groups excluding carboxylic acids is 1. The molecule has 160 valence electrons. The Morgan fingerprint density at radius 1 is 0.935 bits per heavy atom. The highest BCUT2D eigenvalue weighted by Crippen LogP contribution is 2.27. The molecule has 31 heavy (non-hydrogen) atoms. The number of hydrogen-bond acceptors (Lipinski definition) is 3. The molecule has 0 aliphatic rings. The van der Waals surface area contributed by atoms with Crippen molar-refractivity contribution in [3.05, 3.63) is 96.4 Å². The molecule has 0 saturated carbocycles. The van der Waals surface area contributed by atoms with Crippen molar-refractivity contribution in [1.82, 2.24) is 5.43 Å². The second kappa shape index (κ2) is 10.4. The van der Waals surface area contributed by atoms with Gasteiger partial charge in [-0.3, -0.25) is 4.79 Å². The molecule has 0 bridgehead atoms. The van der Waals surface area contributed by atoms with E-state index >= 15 is 0 Å². The Morgan fingerprint density at radius 2 is 1.55 bits per heavy atom. The summed E-state index contributed by atoms with van der Waals surface area (Å²) in [5.41, 5.74) is 6.28. The second-order valence-corrected chi connectivity index (χ2v) is 8.52. The van der Waals surface area contributed by atoms with E-state index in [0.29, 0.717) is 27.2 Å². The Bertz CT molecular complexity index is 1140. The fourth-order valence-corrected chi connectivity index (χ4v) is 3.93. The summed E-state index contributed by atoms with van der Waals surface area (Å²) in [6.45, 7) is 4.20. The summed E-state index contributed by atoms with van der Waals surface area (Å²) >= 11 is 24.0. The van der Waals surface area contributed by atoms with Crippen molar-refractivity contribution in [3.63, 3.8) is 0 Å². The lowest BCUT2D eigenvalue weighted by Crippen LogP contribution is -2.18. The molecule has 0 spiro atoms. The predicted molar refractivity (Wildman–Crippen MR) is 128 cm³/mol. The van der Waals surface area contributed by atoms with Gasteiger partial charge in [-0.2, -0.15) is 5.10 Å². The molecule has 4 nitrogen and oxygen atoms in total. The highest BCUT2D eigenvalue weighted by Gasteiger charge is 2.11. The van der Waals surface area contributed by atoms with Crippen LogP contribution in [0.5, 0.6) is 5.75 Å². The Morgan fingerprint density at radius 3 is 2.16 bits per heavy atom. The summed E-state index contributed by atoms with van der Waals surface area (Å²) in [6, 6.07) is 13.8. The number of halogens is 4. The van der Waals surface area contributed by atoms with Crippen LogP contribution in [0.25, 0.3) is 0 Å². The van der Waals surface area contributed by atoms with E-state index in [-0.39, 0.29) is 5.02 Å². The quantitative estimate of drug-likeness (QED) is 0.289. The number of ether oxygens (including phenoxy) is 1. The number of benzene rings is 3. The molecule has 0 unspecified atom stereocenters. The highest BCUT2D eigenvalue weighted by molar-refractivity contribution is 6.36. The van der Waals surface area contributed by atoms with E-state index in [2.05, 4.69) is 10.5 Å². The van der Waals surface area contributed by atoms with E-state index in [1.165, 1.54) is 6.07 Å². The van der Waals surface area contributed by atoms with Crippen molar-refractivity contribution in [2.75, 3.05) is 0 Å². The van der Waals surface area contributed by atoms with Crippen molar-refractivity contribution in [3.8, 4) is 5.75 Å². The number of amides is 1. The van der Waals surface area contributed by atoms with Crippen molar-refractivity contribution < 1.29 is 9.53 Å². The summed E-state index contributed by atoms with van der Waals surface area (Å²) in [4.78, 5) is 12.2. The fourth-order valence-electron chi connectivity index (χ4n) is 2.97. The SMILES string of the molecule is Cc1cc(/C=N\NC(=O)c2ccc(Cl)cc2Cl)cc(C)c1OCc1ccc(Cl)cc1Cl. The number of aryl methyl sites for hydroxylation is 2. The Balaban J connectivity index is 1.67. The monoisotopic (exact) mass is 494 g/mol. The predicted octanol–water partition coefficient (Wildman–Crippen LogP) is 7.26. The van der Waals surface area contributed by atoms with Gasteiger partial charge in [0, 0.05) is 20.6 Å². The summed E-state index contributed by atoms with van der Waals surface area (Å²) in [7, 11) is 0. The zero-order chi connectivity index (χ0) is 22.5. The number of nitrogens with zero attached hydrogens (tertiary/aromatic N) is 1. The average molecular weight is 496 g/mol. The van der Waals surface area contributed by atoms with Crippen LogP contribution in [-0.2, 0) is 6.61 Å². The normalized spacial score (nSPS) is 11.0. The third-order valence-electron chi connectivity index (χ3n) is 4.43. The van der Waals surface area contributed by atoms with E-state index in [4.69, 9.17) is 51.1 Å². The third kappa shape index (κ3) is 6.14. The molecular weight excluding hydrogens is 478 g/mol. The molecule has 1 amide bonds. The molecule has 1 N–H and O–H groups in total. The first-order valence-corrected chi connectivity index (χ1v) is 10.7.